The molecule has 0 bridgehead atoms. The van der Waals surface area contributed by atoms with Gasteiger partial charge in [0, 0.05) is 11.6 Å². The zero-order valence-corrected chi connectivity index (χ0v) is 13.6. The van der Waals surface area contributed by atoms with E-state index < -0.39 is 0 Å². The molecule has 2 aromatic carbocycles. The number of hydrogen-bond donors (Lipinski definition) is 1. The van der Waals surface area contributed by atoms with Crippen molar-refractivity contribution in [1.29, 1.82) is 0 Å². The second-order valence-corrected chi connectivity index (χ2v) is 7.03. The van der Waals surface area contributed by atoms with Crippen LogP contribution in [0.15, 0.2) is 54.6 Å². The van der Waals surface area contributed by atoms with Crippen LogP contribution in [-0.2, 0) is 0 Å². The van der Waals surface area contributed by atoms with E-state index in [1.54, 1.807) is 12.1 Å². The number of anilines is 1. The van der Waals surface area contributed by atoms with Crippen molar-refractivity contribution >= 4 is 5.69 Å². The van der Waals surface area contributed by atoms with E-state index in [9.17, 15) is 4.39 Å². The van der Waals surface area contributed by atoms with Gasteiger partial charge in [-0.15, -0.1) is 0 Å². The minimum atomic E-state index is -0.149. The molecule has 0 radical (unpaired) electrons. The lowest BCUT2D eigenvalue weighted by Gasteiger charge is -2.37. The Hall–Kier alpha value is -2.09. The number of halogens is 1. The number of hydrogen-bond acceptors (Lipinski definition) is 1. The van der Waals surface area contributed by atoms with Crippen molar-refractivity contribution in [2.75, 3.05) is 5.32 Å². The smallest absolute Gasteiger partial charge is 0.123 e. The number of nitrogens with one attached hydrogen (secondary N) is 1. The van der Waals surface area contributed by atoms with Crippen molar-refractivity contribution in [2.45, 2.75) is 38.1 Å². The summed E-state index contributed by atoms with van der Waals surface area (Å²) in [5, 5.41) is 3.65. The topological polar surface area (TPSA) is 12.0 Å². The summed E-state index contributed by atoms with van der Waals surface area (Å²) in [7, 11) is 0. The van der Waals surface area contributed by atoms with E-state index in [1.165, 1.54) is 11.1 Å². The third-order valence-corrected chi connectivity index (χ3v) is 5.29. The largest absolute Gasteiger partial charge is 0.378 e. The lowest BCUT2D eigenvalue weighted by atomic mass is 9.77. The zero-order valence-electron chi connectivity index (χ0n) is 13.6. The van der Waals surface area contributed by atoms with Crippen LogP contribution in [0.5, 0.6) is 0 Å². The molecule has 0 aromatic heterocycles. The van der Waals surface area contributed by atoms with Gasteiger partial charge >= 0.3 is 0 Å². The molecule has 2 aliphatic rings. The molecule has 1 aliphatic carbocycles. The van der Waals surface area contributed by atoms with Crippen LogP contribution in [0.25, 0.3) is 0 Å². The lowest BCUT2D eigenvalue weighted by Crippen LogP contribution is -2.29. The van der Waals surface area contributed by atoms with Crippen molar-refractivity contribution in [2.24, 2.45) is 5.92 Å². The van der Waals surface area contributed by atoms with Crippen LogP contribution in [0, 0.1) is 11.7 Å². The van der Waals surface area contributed by atoms with Gasteiger partial charge in [-0.05, 0) is 53.1 Å². The minimum absolute atomic E-state index is 0.149. The molecule has 0 saturated carbocycles. The summed E-state index contributed by atoms with van der Waals surface area (Å²) in [4.78, 5) is 0. The van der Waals surface area contributed by atoms with E-state index >= 15 is 0 Å². The highest BCUT2D eigenvalue weighted by molar-refractivity contribution is 5.59. The molecule has 0 spiro atoms. The van der Waals surface area contributed by atoms with E-state index in [4.69, 9.17) is 0 Å². The van der Waals surface area contributed by atoms with Crippen LogP contribution < -0.4 is 5.32 Å². The molecule has 0 amide bonds. The summed E-state index contributed by atoms with van der Waals surface area (Å²) in [6, 6.07) is 14.4. The standard InChI is InChI=1S/C21H22FN/c1-13(2)14-6-8-15(9-7-14)21-18-5-3-4-17(18)19-12-16(22)10-11-20(19)23-21/h3-4,6-13,17-18,21,23H,5H2,1-2H3. The number of rotatable bonds is 2. The maximum atomic E-state index is 13.6. The maximum Gasteiger partial charge on any atom is 0.123 e. The van der Waals surface area contributed by atoms with E-state index in [-0.39, 0.29) is 11.9 Å². The van der Waals surface area contributed by atoms with E-state index in [0.29, 0.717) is 17.8 Å². The van der Waals surface area contributed by atoms with E-state index in [2.05, 4.69) is 55.6 Å². The van der Waals surface area contributed by atoms with Crippen LogP contribution in [0.3, 0.4) is 0 Å². The van der Waals surface area contributed by atoms with Gasteiger partial charge in [-0.3, -0.25) is 0 Å². The molecular formula is C21H22FN. The Morgan fingerprint density at radius 2 is 1.87 bits per heavy atom. The Morgan fingerprint density at radius 3 is 2.61 bits per heavy atom. The molecule has 3 unspecified atom stereocenters. The second-order valence-electron chi connectivity index (χ2n) is 7.03. The molecule has 2 aromatic rings. The van der Waals surface area contributed by atoms with Crippen molar-refractivity contribution in [3.8, 4) is 0 Å². The lowest BCUT2D eigenvalue weighted by molar-refractivity contribution is 0.424. The Balaban J connectivity index is 1.71. The van der Waals surface area contributed by atoms with E-state index in [0.717, 1.165) is 17.7 Å². The highest BCUT2D eigenvalue weighted by Crippen LogP contribution is 2.49. The molecule has 23 heavy (non-hydrogen) atoms. The molecule has 2 heteroatoms. The molecular weight excluding hydrogens is 285 g/mol. The first-order valence-electron chi connectivity index (χ1n) is 8.46. The van der Waals surface area contributed by atoms with Gasteiger partial charge in [0.15, 0.2) is 0 Å². The summed E-state index contributed by atoms with van der Waals surface area (Å²) in [5.74, 6) is 1.18. The third kappa shape index (κ3) is 2.46. The van der Waals surface area contributed by atoms with Crippen LogP contribution in [0.1, 0.15) is 54.8 Å². The molecule has 1 heterocycles. The Morgan fingerprint density at radius 1 is 1.09 bits per heavy atom. The highest BCUT2D eigenvalue weighted by atomic mass is 19.1. The fourth-order valence-corrected chi connectivity index (χ4v) is 3.98. The molecule has 4 rings (SSSR count). The zero-order chi connectivity index (χ0) is 16.0. The second kappa shape index (κ2) is 5.52. The monoisotopic (exact) mass is 307 g/mol. The van der Waals surface area contributed by atoms with Gasteiger partial charge in [0.2, 0.25) is 0 Å². The predicted octanol–water partition coefficient (Wildman–Crippen LogP) is 5.78. The molecule has 0 fully saturated rings. The van der Waals surface area contributed by atoms with Crippen molar-refractivity contribution < 1.29 is 4.39 Å². The van der Waals surface area contributed by atoms with Gasteiger partial charge in [-0.2, -0.15) is 0 Å². The Labute approximate surface area is 137 Å². The van der Waals surface area contributed by atoms with Crippen molar-refractivity contribution in [3.05, 3.63) is 77.1 Å². The van der Waals surface area contributed by atoms with Crippen LogP contribution in [0.2, 0.25) is 0 Å². The maximum absolute atomic E-state index is 13.6. The fourth-order valence-electron chi connectivity index (χ4n) is 3.98. The molecule has 1 N–H and O–H groups in total. The summed E-state index contributed by atoms with van der Waals surface area (Å²) in [6.45, 7) is 4.44. The first kappa shape index (κ1) is 14.5. The SMILES string of the molecule is CC(C)c1ccc(C2Nc3ccc(F)cc3C3C=CCC32)cc1. The summed E-state index contributed by atoms with van der Waals surface area (Å²) in [6.07, 6.45) is 5.54. The highest BCUT2D eigenvalue weighted by Gasteiger charge is 2.37. The molecule has 0 saturated heterocycles. The summed E-state index contributed by atoms with van der Waals surface area (Å²) >= 11 is 0. The number of allylic oxidation sites excluding steroid dienone is 2. The van der Waals surface area contributed by atoms with Crippen LogP contribution in [-0.4, -0.2) is 0 Å². The predicted molar refractivity (Wildman–Crippen MR) is 93.3 cm³/mol. The van der Waals surface area contributed by atoms with Gasteiger partial charge < -0.3 is 5.32 Å². The number of fused-ring (bicyclic) bond motifs is 3. The summed E-state index contributed by atoms with van der Waals surface area (Å²) in [5.41, 5.74) is 4.85. The first-order chi connectivity index (χ1) is 11.1. The minimum Gasteiger partial charge on any atom is -0.378 e. The Bertz CT molecular complexity index is 745. The van der Waals surface area contributed by atoms with Gasteiger partial charge in [0.1, 0.15) is 5.82 Å². The average molecular weight is 307 g/mol. The molecule has 1 aliphatic heterocycles. The molecule has 3 atom stereocenters. The molecule has 118 valence electrons. The average Bonchev–Trinajstić information content (AvgIpc) is 3.04. The van der Waals surface area contributed by atoms with E-state index in [1.807, 2.05) is 6.07 Å². The van der Waals surface area contributed by atoms with Gasteiger partial charge in [-0.25, -0.2) is 4.39 Å². The first-order valence-corrected chi connectivity index (χ1v) is 8.46. The van der Waals surface area contributed by atoms with Crippen molar-refractivity contribution in [3.63, 3.8) is 0 Å². The third-order valence-electron chi connectivity index (χ3n) is 5.29. The normalized spacial score (nSPS) is 25.1. The van der Waals surface area contributed by atoms with Gasteiger partial charge in [0.05, 0.1) is 6.04 Å². The Kier molecular flexibility index (Phi) is 3.48. The quantitative estimate of drug-likeness (QED) is 0.694. The fraction of sp³-hybridized carbons (Fsp3) is 0.333. The van der Waals surface area contributed by atoms with Crippen LogP contribution in [0.4, 0.5) is 10.1 Å². The van der Waals surface area contributed by atoms with Crippen molar-refractivity contribution in [1.82, 2.24) is 0 Å². The van der Waals surface area contributed by atoms with Gasteiger partial charge in [0.25, 0.3) is 0 Å². The van der Waals surface area contributed by atoms with Crippen LogP contribution >= 0.6 is 0 Å². The summed E-state index contributed by atoms with van der Waals surface area (Å²) < 4.78 is 13.6. The molecule has 1 nitrogen and oxygen atoms in total. The number of benzene rings is 2. The van der Waals surface area contributed by atoms with Gasteiger partial charge in [-0.1, -0.05) is 50.3 Å².